The Bertz CT molecular complexity index is 436. The normalized spacial score (nSPS) is 9.53. The third-order valence-electron chi connectivity index (χ3n) is 2.34. The second kappa shape index (κ2) is 8.19. The predicted molar refractivity (Wildman–Crippen MR) is 76.2 cm³/mol. The van der Waals surface area contributed by atoms with Crippen molar-refractivity contribution in [2.75, 3.05) is 6.61 Å². The Kier molecular flexibility index (Phi) is 7.34. The first kappa shape index (κ1) is 17.0. The number of aromatic hydroxyl groups is 1. The molecule has 0 fully saturated rings. The van der Waals surface area contributed by atoms with Gasteiger partial charge in [-0.2, -0.15) is 0 Å². The fraction of sp³-hybridized carbons (Fsp3) is 0.400. The third-order valence-corrected chi connectivity index (χ3v) is 2.34. The van der Waals surface area contributed by atoms with Gasteiger partial charge in [-0.15, -0.1) is 0 Å². The number of phenols is 1. The average Bonchev–Trinajstić information content (AvgIpc) is 2.37. The lowest BCUT2D eigenvalue weighted by Gasteiger charge is -2.14. The summed E-state index contributed by atoms with van der Waals surface area (Å²) in [5.41, 5.74) is 0.640. The second-order valence-corrected chi connectivity index (χ2v) is 3.97. The van der Waals surface area contributed by atoms with Crippen LogP contribution in [0.4, 0.5) is 0 Å². The molecule has 1 aromatic rings. The number of hydrogen-bond donors (Lipinski definition) is 2. The molecule has 1 rings (SSSR count). The van der Waals surface area contributed by atoms with Crippen molar-refractivity contribution in [3.8, 4) is 11.5 Å². The lowest BCUT2D eigenvalue weighted by molar-refractivity contribution is 0.0693. The highest BCUT2D eigenvalue weighted by molar-refractivity contribution is 5.91. The third kappa shape index (κ3) is 4.66. The first-order valence-electron chi connectivity index (χ1n) is 6.31. The summed E-state index contributed by atoms with van der Waals surface area (Å²) in [6.45, 7) is 11.7. The van der Waals surface area contributed by atoms with E-state index in [4.69, 9.17) is 9.84 Å². The van der Waals surface area contributed by atoms with Crippen LogP contribution >= 0.6 is 0 Å². The molecular formula is C15H22O4. The van der Waals surface area contributed by atoms with E-state index in [0.29, 0.717) is 12.4 Å². The molecule has 0 unspecified atom stereocenters. The summed E-state index contributed by atoms with van der Waals surface area (Å²) in [6.07, 6.45) is 1.59. The van der Waals surface area contributed by atoms with E-state index in [9.17, 15) is 9.90 Å². The number of carbonyl (C=O) groups is 1. The number of aromatic carboxylic acids is 1. The topological polar surface area (TPSA) is 66.8 Å². The van der Waals surface area contributed by atoms with E-state index in [0.717, 1.165) is 5.56 Å². The van der Waals surface area contributed by atoms with E-state index in [1.165, 1.54) is 12.1 Å². The van der Waals surface area contributed by atoms with Crippen LogP contribution in [0.3, 0.4) is 0 Å². The van der Waals surface area contributed by atoms with Crippen molar-refractivity contribution in [3.63, 3.8) is 0 Å². The number of rotatable bonds is 5. The zero-order chi connectivity index (χ0) is 15.0. The van der Waals surface area contributed by atoms with Crippen LogP contribution < -0.4 is 4.74 Å². The molecule has 0 aliphatic carbocycles. The van der Waals surface area contributed by atoms with Crippen molar-refractivity contribution in [1.82, 2.24) is 0 Å². The SMILES string of the molecule is C=CCOc1cc(O)c(C(=O)O)cc1C(C)C.CC. The fourth-order valence-electron chi connectivity index (χ4n) is 1.48. The molecule has 0 heterocycles. The molecule has 0 saturated heterocycles. The predicted octanol–water partition coefficient (Wildman–Crippen LogP) is 3.80. The first-order valence-corrected chi connectivity index (χ1v) is 6.31. The molecule has 4 nitrogen and oxygen atoms in total. The van der Waals surface area contributed by atoms with Gasteiger partial charge in [0.1, 0.15) is 23.7 Å². The Balaban J connectivity index is 0.00000154. The molecule has 0 aliphatic rings. The molecule has 0 saturated carbocycles. The number of benzene rings is 1. The van der Waals surface area contributed by atoms with Crippen LogP contribution in [0.15, 0.2) is 24.8 Å². The van der Waals surface area contributed by atoms with Gasteiger partial charge >= 0.3 is 5.97 Å². The number of carboxylic acids is 1. The van der Waals surface area contributed by atoms with Gasteiger partial charge in [-0.25, -0.2) is 4.79 Å². The minimum Gasteiger partial charge on any atom is -0.507 e. The number of ether oxygens (including phenoxy) is 1. The second-order valence-electron chi connectivity index (χ2n) is 3.97. The van der Waals surface area contributed by atoms with Gasteiger partial charge in [0.2, 0.25) is 0 Å². The molecule has 0 radical (unpaired) electrons. The van der Waals surface area contributed by atoms with Crippen LogP contribution in [0.5, 0.6) is 11.5 Å². The van der Waals surface area contributed by atoms with E-state index in [1.54, 1.807) is 6.08 Å². The average molecular weight is 266 g/mol. The molecule has 0 aliphatic heterocycles. The van der Waals surface area contributed by atoms with Gasteiger partial charge in [-0.1, -0.05) is 40.3 Å². The maximum absolute atomic E-state index is 10.9. The molecule has 4 heteroatoms. The highest BCUT2D eigenvalue weighted by Crippen LogP contribution is 2.33. The lowest BCUT2D eigenvalue weighted by Crippen LogP contribution is -2.03. The quantitative estimate of drug-likeness (QED) is 0.795. The van der Waals surface area contributed by atoms with E-state index in [1.807, 2.05) is 27.7 Å². The molecule has 1 aromatic carbocycles. The number of hydrogen-bond acceptors (Lipinski definition) is 3. The van der Waals surface area contributed by atoms with E-state index in [-0.39, 0.29) is 17.2 Å². The zero-order valence-electron chi connectivity index (χ0n) is 11.9. The molecule has 0 aromatic heterocycles. The van der Waals surface area contributed by atoms with Gasteiger partial charge in [0.05, 0.1) is 0 Å². The molecular weight excluding hydrogens is 244 g/mol. The summed E-state index contributed by atoms with van der Waals surface area (Å²) in [7, 11) is 0. The van der Waals surface area contributed by atoms with Gasteiger partial charge in [-0.3, -0.25) is 0 Å². The van der Waals surface area contributed by atoms with Crippen molar-refractivity contribution in [1.29, 1.82) is 0 Å². The van der Waals surface area contributed by atoms with E-state index >= 15 is 0 Å². The van der Waals surface area contributed by atoms with Crippen LogP contribution in [0.2, 0.25) is 0 Å². The molecule has 0 spiro atoms. The Morgan fingerprint density at radius 1 is 1.42 bits per heavy atom. The highest BCUT2D eigenvalue weighted by Gasteiger charge is 2.16. The largest absolute Gasteiger partial charge is 0.507 e. The van der Waals surface area contributed by atoms with Crippen molar-refractivity contribution in [2.45, 2.75) is 33.6 Å². The number of carboxylic acid groups (broad SMARTS) is 1. The Hall–Kier alpha value is -1.97. The summed E-state index contributed by atoms with van der Waals surface area (Å²) in [4.78, 5) is 10.9. The Morgan fingerprint density at radius 3 is 2.42 bits per heavy atom. The maximum atomic E-state index is 10.9. The van der Waals surface area contributed by atoms with Crippen LogP contribution in [-0.2, 0) is 0 Å². The van der Waals surface area contributed by atoms with Gasteiger partial charge in [0, 0.05) is 6.07 Å². The monoisotopic (exact) mass is 266 g/mol. The summed E-state index contributed by atoms with van der Waals surface area (Å²) in [6, 6.07) is 2.78. The van der Waals surface area contributed by atoms with E-state index < -0.39 is 5.97 Å². The zero-order valence-corrected chi connectivity index (χ0v) is 11.9. The summed E-state index contributed by atoms with van der Waals surface area (Å²) in [5.74, 6) is -0.850. The molecule has 19 heavy (non-hydrogen) atoms. The van der Waals surface area contributed by atoms with Crippen LogP contribution in [0.25, 0.3) is 0 Å². The molecule has 0 atom stereocenters. The lowest BCUT2D eigenvalue weighted by atomic mass is 9.99. The van der Waals surface area contributed by atoms with Crippen molar-refractivity contribution in [3.05, 3.63) is 35.9 Å². The van der Waals surface area contributed by atoms with Crippen molar-refractivity contribution < 1.29 is 19.7 Å². The summed E-state index contributed by atoms with van der Waals surface area (Å²) >= 11 is 0. The Morgan fingerprint density at radius 2 is 2.00 bits per heavy atom. The van der Waals surface area contributed by atoms with Crippen LogP contribution in [-0.4, -0.2) is 22.8 Å². The molecule has 106 valence electrons. The summed E-state index contributed by atoms with van der Waals surface area (Å²) < 4.78 is 5.39. The summed E-state index contributed by atoms with van der Waals surface area (Å²) in [5, 5.41) is 18.5. The van der Waals surface area contributed by atoms with Gasteiger partial charge in [-0.05, 0) is 17.5 Å². The standard InChI is InChI=1S/C13H16O4.C2H6/c1-4-5-17-12-7-11(14)10(13(15)16)6-9(12)8(2)3;1-2/h4,6-8,14H,1,5H2,2-3H3,(H,15,16);1-2H3. The first-order chi connectivity index (χ1) is 8.97. The smallest absolute Gasteiger partial charge is 0.339 e. The molecule has 0 amide bonds. The fourth-order valence-corrected chi connectivity index (χ4v) is 1.48. The van der Waals surface area contributed by atoms with Gasteiger partial charge in [0.25, 0.3) is 0 Å². The van der Waals surface area contributed by atoms with E-state index in [2.05, 4.69) is 6.58 Å². The van der Waals surface area contributed by atoms with Crippen LogP contribution in [0.1, 0.15) is 49.5 Å². The Labute approximate surface area is 114 Å². The highest BCUT2D eigenvalue weighted by atomic mass is 16.5. The minimum atomic E-state index is -1.15. The molecule has 2 N–H and O–H groups in total. The van der Waals surface area contributed by atoms with Crippen molar-refractivity contribution >= 4 is 5.97 Å². The van der Waals surface area contributed by atoms with Crippen molar-refractivity contribution in [2.24, 2.45) is 0 Å². The van der Waals surface area contributed by atoms with Crippen LogP contribution in [0, 0.1) is 0 Å². The van der Waals surface area contributed by atoms with Gasteiger partial charge in [0.15, 0.2) is 0 Å². The minimum absolute atomic E-state index is 0.105. The maximum Gasteiger partial charge on any atom is 0.339 e. The molecule has 0 bridgehead atoms. The van der Waals surface area contributed by atoms with Gasteiger partial charge < -0.3 is 14.9 Å².